The summed E-state index contributed by atoms with van der Waals surface area (Å²) in [6.45, 7) is 1.23. The van der Waals surface area contributed by atoms with E-state index in [9.17, 15) is 8.42 Å². The number of hydrogen-bond donors (Lipinski definition) is 2. The van der Waals surface area contributed by atoms with Gasteiger partial charge in [-0.3, -0.25) is 0 Å². The van der Waals surface area contributed by atoms with Gasteiger partial charge < -0.3 is 5.32 Å². The van der Waals surface area contributed by atoms with Crippen LogP contribution in [0.4, 0.5) is 0 Å². The van der Waals surface area contributed by atoms with Crippen molar-refractivity contribution in [2.75, 3.05) is 13.6 Å². The molecule has 6 heteroatoms. The number of thiophene rings is 1. The monoisotopic (exact) mass is 324 g/mol. The highest BCUT2D eigenvalue weighted by Crippen LogP contribution is 2.09. The van der Waals surface area contributed by atoms with Crippen LogP contribution in [-0.4, -0.2) is 22.0 Å². The van der Waals surface area contributed by atoms with Gasteiger partial charge in [0, 0.05) is 13.1 Å². The molecule has 0 bridgehead atoms. The molecule has 0 radical (unpaired) electrons. The van der Waals surface area contributed by atoms with E-state index in [0.717, 1.165) is 24.1 Å². The standard InChI is InChI=1S/C15H20N2O2S2/c1-16-10-13-2-4-15(5-3-13)12-21(18,19)17-8-6-14-7-9-20-11-14/h2-5,7,9,11,16-17H,6,8,10,12H2,1H3. The quantitative estimate of drug-likeness (QED) is 0.782. The maximum atomic E-state index is 12.0. The lowest BCUT2D eigenvalue weighted by molar-refractivity contribution is 0.581. The Bertz CT molecular complexity index is 635. The van der Waals surface area contributed by atoms with Gasteiger partial charge in [-0.1, -0.05) is 24.3 Å². The van der Waals surface area contributed by atoms with Gasteiger partial charge in [0.25, 0.3) is 0 Å². The van der Waals surface area contributed by atoms with Crippen LogP contribution in [0.15, 0.2) is 41.1 Å². The first-order valence-corrected chi connectivity index (χ1v) is 9.39. The summed E-state index contributed by atoms with van der Waals surface area (Å²) in [6.07, 6.45) is 0.726. The molecule has 0 atom stereocenters. The predicted molar refractivity (Wildman–Crippen MR) is 87.9 cm³/mol. The van der Waals surface area contributed by atoms with Crippen LogP contribution in [0.1, 0.15) is 16.7 Å². The van der Waals surface area contributed by atoms with Crippen LogP contribution in [0, 0.1) is 0 Å². The number of rotatable bonds is 8. The molecule has 0 spiro atoms. The molecule has 0 aliphatic heterocycles. The van der Waals surface area contributed by atoms with E-state index in [1.54, 1.807) is 11.3 Å². The average molecular weight is 324 g/mol. The third kappa shape index (κ3) is 5.59. The molecule has 2 aromatic rings. The van der Waals surface area contributed by atoms with Gasteiger partial charge in [-0.15, -0.1) is 0 Å². The maximum Gasteiger partial charge on any atom is 0.215 e. The minimum atomic E-state index is -3.28. The third-order valence-electron chi connectivity index (χ3n) is 3.08. The fraction of sp³-hybridized carbons (Fsp3) is 0.333. The molecule has 2 rings (SSSR count). The molecule has 1 heterocycles. The number of benzene rings is 1. The second-order valence-corrected chi connectivity index (χ2v) is 7.47. The predicted octanol–water partition coefficient (Wildman–Crippen LogP) is 2.13. The van der Waals surface area contributed by atoms with Crippen LogP contribution in [-0.2, 0) is 28.7 Å². The van der Waals surface area contributed by atoms with Crippen LogP contribution >= 0.6 is 11.3 Å². The topological polar surface area (TPSA) is 58.2 Å². The van der Waals surface area contributed by atoms with Gasteiger partial charge in [0.05, 0.1) is 5.75 Å². The van der Waals surface area contributed by atoms with Crippen molar-refractivity contribution >= 4 is 21.4 Å². The largest absolute Gasteiger partial charge is 0.316 e. The van der Waals surface area contributed by atoms with Crippen molar-refractivity contribution < 1.29 is 8.42 Å². The van der Waals surface area contributed by atoms with E-state index < -0.39 is 10.0 Å². The van der Waals surface area contributed by atoms with Crippen molar-refractivity contribution in [3.05, 3.63) is 57.8 Å². The highest BCUT2D eigenvalue weighted by molar-refractivity contribution is 7.88. The van der Waals surface area contributed by atoms with Crippen LogP contribution in [0.3, 0.4) is 0 Å². The summed E-state index contributed by atoms with van der Waals surface area (Å²) in [5.41, 5.74) is 3.11. The first kappa shape index (κ1) is 16.2. The molecule has 0 aliphatic rings. The molecule has 0 saturated carbocycles. The van der Waals surface area contributed by atoms with E-state index >= 15 is 0 Å². The zero-order chi connectivity index (χ0) is 15.1. The van der Waals surface area contributed by atoms with E-state index in [1.807, 2.05) is 48.1 Å². The van der Waals surface area contributed by atoms with E-state index in [1.165, 1.54) is 5.56 Å². The average Bonchev–Trinajstić information content (AvgIpc) is 2.94. The SMILES string of the molecule is CNCc1ccc(CS(=O)(=O)NCCc2ccsc2)cc1. The summed E-state index contributed by atoms with van der Waals surface area (Å²) in [5.74, 6) is 0.0243. The van der Waals surface area contributed by atoms with Crippen molar-refractivity contribution in [1.82, 2.24) is 10.0 Å². The summed E-state index contributed by atoms with van der Waals surface area (Å²) in [6, 6.07) is 9.65. The maximum absolute atomic E-state index is 12.0. The number of hydrogen-bond acceptors (Lipinski definition) is 4. The molecule has 0 unspecified atom stereocenters. The Hall–Kier alpha value is -1.21. The minimum absolute atomic E-state index is 0.0243. The van der Waals surface area contributed by atoms with Crippen LogP contribution in [0.25, 0.3) is 0 Å². The second kappa shape index (κ2) is 7.70. The van der Waals surface area contributed by atoms with Gasteiger partial charge >= 0.3 is 0 Å². The lowest BCUT2D eigenvalue weighted by Crippen LogP contribution is -2.27. The van der Waals surface area contributed by atoms with Gasteiger partial charge in [-0.25, -0.2) is 13.1 Å². The first-order valence-electron chi connectivity index (χ1n) is 6.80. The van der Waals surface area contributed by atoms with Crippen molar-refractivity contribution in [2.24, 2.45) is 0 Å². The van der Waals surface area contributed by atoms with Crippen molar-refractivity contribution in [3.63, 3.8) is 0 Å². The Labute approximate surface area is 130 Å². The molecule has 4 nitrogen and oxygen atoms in total. The Kier molecular flexibility index (Phi) is 5.93. The van der Waals surface area contributed by atoms with Crippen LogP contribution in [0.5, 0.6) is 0 Å². The number of sulfonamides is 1. The Morgan fingerprint density at radius 2 is 1.76 bits per heavy atom. The molecular formula is C15H20N2O2S2. The van der Waals surface area contributed by atoms with E-state index in [0.29, 0.717) is 6.54 Å². The van der Waals surface area contributed by atoms with E-state index in [-0.39, 0.29) is 5.75 Å². The molecular weight excluding hydrogens is 304 g/mol. The summed E-state index contributed by atoms with van der Waals surface area (Å²) in [5, 5.41) is 7.10. The first-order chi connectivity index (χ1) is 10.1. The zero-order valence-electron chi connectivity index (χ0n) is 12.0. The van der Waals surface area contributed by atoms with Gasteiger partial charge in [0.15, 0.2) is 0 Å². The minimum Gasteiger partial charge on any atom is -0.316 e. The lowest BCUT2D eigenvalue weighted by Gasteiger charge is -2.07. The van der Waals surface area contributed by atoms with Gasteiger partial charge in [0.2, 0.25) is 10.0 Å². The Balaban J connectivity index is 1.85. The van der Waals surface area contributed by atoms with Gasteiger partial charge in [0.1, 0.15) is 0 Å². The Morgan fingerprint density at radius 1 is 1.05 bits per heavy atom. The number of nitrogens with one attached hydrogen (secondary N) is 2. The fourth-order valence-corrected chi connectivity index (χ4v) is 3.86. The van der Waals surface area contributed by atoms with E-state index in [2.05, 4.69) is 10.0 Å². The highest BCUT2D eigenvalue weighted by atomic mass is 32.2. The molecule has 0 saturated heterocycles. The fourth-order valence-electron chi connectivity index (χ4n) is 2.01. The summed E-state index contributed by atoms with van der Waals surface area (Å²) in [4.78, 5) is 0. The molecule has 1 aromatic heterocycles. The second-order valence-electron chi connectivity index (χ2n) is 4.88. The summed E-state index contributed by atoms with van der Waals surface area (Å²) in [7, 11) is -1.39. The van der Waals surface area contributed by atoms with Crippen LogP contribution in [0.2, 0.25) is 0 Å². The van der Waals surface area contributed by atoms with Crippen molar-refractivity contribution in [1.29, 1.82) is 0 Å². The zero-order valence-corrected chi connectivity index (χ0v) is 13.6. The third-order valence-corrected chi connectivity index (χ3v) is 5.17. The van der Waals surface area contributed by atoms with Gasteiger partial charge in [-0.2, -0.15) is 11.3 Å². The molecule has 0 fully saturated rings. The summed E-state index contributed by atoms with van der Waals surface area (Å²) >= 11 is 1.62. The smallest absolute Gasteiger partial charge is 0.215 e. The molecule has 21 heavy (non-hydrogen) atoms. The Morgan fingerprint density at radius 3 is 2.38 bits per heavy atom. The van der Waals surface area contributed by atoms with Crippen LogP contribution < -0.4 is 10.0 Å². The molecule has 0 amide bonds. The molecule has 114 valence electrons. The normalized spacial score (nSPS) is 11.7. The van der Waals surface area contributed by atoms with E-state index in [4.69, 9.17) is 0 Å². The highest BCUT2D eigenvalue weighted by Gasteiger charge is 2.11. The van der Waals surface area contributed by atoms with Crippen molar-refractivity contribution in [2.45, 2.75) is 18.7 Å². The van der Waals surface area contributed by atoms with Gasteiger partial charge in [-0.05, 0) is 47.0 Å². The molecule has 0 aliphatic carbocycles. The summed E-state index contributed by atoms with van der Waals surface area (Å²) < 4.78 is 26.7. The lowest BCUT2D eigenvalue weighted by atomic mass is 10.1. The molecule has 2 N–H and O–H groups in total. The molecule has 1 aromatic carbocycles. The van der Waals surface area contributed by atoms with Crippen molar-refractivity contribution in [3.8, 4) is 0 Å².